The van der Waals surface area contributed by atoms with Gasteiger partial charge in [0.25, 0.3) is 0 Å². The van der Waals surface area contributed by atoms with E-state index in [1.165, 1.54) is 11.1 Å². The van der Waals surface area contributed by atoms with E-state index in [9.17, 15) is 5.11 Å². The minimum Gasteiger partial charge on any atom is -0.508 e. The molecule has 0 aliphatic heterocycles. The van der Waals surface area contributed by atoms with Crippen molar-refractivity contribution in [3.8, 4) is 5.75 Å². The van der Waals surface area contributed by atoms with Crippen LogP contribution in [0, 0.1) is 0 Å². The summed E-state index contributed by atoms with van der Waals surface area (Å²) >= 11 is 0. The molecular formula is C17H21NO. The first-order valence-electron chi connectivity index (χ1n) is 6.83. The van der Waals surface area contributed by atoms with Gasteiger partial charge in [-0.3, -0.25) is 0 Å². The minimum atomic E-state index is 0.340. The van der Waals surface area contributed by atoms with Gasteiger partial charge in [0, 0.05) is 6.04 Å². The van der Waals surface area contributed by atoms with Crippen LogP contribution in [0.25, 0.3) is 0 Å². The summed E-state index contributed by atoms with van der Waals surface area (Å²) in [5.41, 5.74) is 2.51. The topological polar surface area (TPSA) is 32.3 Å². The maximum absolute atomic E-state index is 9.53. The molecule has 2 heteroatoms. The van der Waals surface area contributed by atoms with Crippen molar-refractivity contribution in [3.63, 3.8) is 0 Å². The fraction of sp³-hybridized carbons (Fsp3) is 0.294. The molecule has 0 aliphatic rings. The predicted octanol–water partition coefficient (Wildman–Crippen LogP) is 3.16. The second-order valence-corrected chi connectivity index (χ2v) is 4.82. The van der Waals surface area contributed by atoms with Crippen molar-refractivity contribution in [1.29, 1.82) is 0 Å². The second kappa shape index (κ2) is 6.95. The highest BCUT2D eigenvalue weighted by Gasteiger charge is 2.09. The van der Waals surface area contributed by atoms with Crippen molar-refractivity contribution in [2.75, 3.05) is 6.54 Å². The highest BCUT2D eigenvalue weighted by atomic mass is 16.3. The minimum absolute atomic E-state index is 0.340. The largest absolute Gasteiger partial charge is 0.508 e. The van der Waals surface area contributed by atoms with E-state index in [4.69, 9.17) is 0 Å². The van der Waals surface area contributed by atoms with Crippen molar-refractivity contribution >= 4 is 0 Å². The third-order valence-corrected chi connectivity index (χ3v) is 3.21. The zero-order chi connectivity index (χ0) is 13.5. The van der Waals surface area contributed by atoms with Crippen molar-refractivity contribution in [3.05, 3.63) is 65.7 Å². The first-order valence-corrected chi connectivity index (χ1v) is 6.83. The summed E-state index contributed by atoms with van der Waals surface area (Å²) in [7, 11) is 0. The molecule has 100 valence electrons. The number of nitrogens with one attached hydrogen (secondary N) is 1. The Bertz CT molecular complexity index is 496. The number of likely N-dealkylation sites (N-methyl/N-ethyl adjacent to an activating group) is 1. The molecule has 0 saturated carbocycles. The van der Waals surface area contributed by atoms with E-state index in [1.54, 1.807) is 6.07 Å². The molecule has 2 nitrogen and oxygen atoms in total. The first kappa shape index (κ1) is 13.6. The van der Waals surface area contributed by atoms with Gasteiger partial charge in [-0.2, -0.15) is 0 Å². The maximum Gasteiger partial charge on any atom is 0.115 e. The summed E-state index contributed by atoms with van der Waals surface area (Å²) in [4.78, 5) is 0. The number of rotatable bonds is 6. The van der Waals surface area contributed by atoms with E-state index in [2.05, 4.69) is 42.6 Å². The van der Waals surface area contributed by atoms with Crippen molar-refractivity contribution in [2.45, 2.75) is 25.8 Å². The lowest BCUT2D eigenvalue weighted by atomic mass is 9.99. The van der Waals surface area contributed by atoms with Gasteiger partial charge < -0.3 is 10.4 Å². The molecular weight excluding hydrogens is 234 g/mol. The number of hydrogen-bond acceptors (Lipinski definition) is 2. The Kier molecular flexibility index (Phi) is 4.99. The van der Waals surface area contributed by atoms with E-state index in [0.29, 0.717) is 11.8 Å². The summed E-state index contributed by atoms with van der Waals surface area (Å²) in [5.74, 6) is 0.340. The summed E-state index contributed by atoms with van der Waals surface area (Å²) in [5, 5.41) is 13.0. The van der Waals surface area contributed by atoms with Gasteiger partial charge in [0.15, 0.2) is 0 Å². The van der Waals surface area contributed by atoms with Gasteiger partial charge in [-0.1, -0.05) is 49.4 Å². The molecule has 0 aliphatic carbocycles. The molecule has 0 heterocycles. The van der Waals surface area contributed by atoms with Gasteiger partial charge in [0.05, 0.1) is 0 Å². The Hall–Kier alpha value is -1.80. The van der Waals surface area contributed by atoms with Gasteiger partial charge in [-0.05, 0) is 42.6 Å². The predicted molar refractivity (Wildman–Crippen MR) is 79.4 cm³/mol. The zero-order valence-corrected chi connectivity index (χ0v) is 11.3. The van der Waals surface area contributed by atoms with Crippen molar-refractivity contribution < 1.29 is 5.11 Å². The van der Waals surface area contributed by atoms with E-state index in [0.717, 1.165) is 19.4 Å². The molecule has 0 spiro atoms. The van der Waals surface area contributed by atoms with E-state index < -0.39 is 0 Å². The van der Waals surface area contributed by atoms with Crippen molar-refractivity contribution in [1.82, 2.24) is 5.32 Å². The first-order chi connectivity index (χ1) is 9.28. The van der Waals surface area contributed by atoms with Gasteiger partial charge >= 0.3 is 0 Å². The van der Waals surface area contributed by atoms with Gasteiger partial charge in [-0.25, -0.2) is 0 Å². The number of phenols is 1. The molecule has 0 radical (unpaired) electrons. The highest BCUT2D eigenvalue weighted by Crippen LogP contribution is 2.14. The average Bonchev–Trinajstić information content (AvgIpc) is 2.40. The number of aromatic hydroxyl groups is 1. The average molecular weight is 255 g/mol. The standard InChI is InChI=1S/C17H21NO/c1-2-18-16(11-14-7-4-3-5-8-14)12-15-9-6-10-17(19)13-15/h3-10,13,16,18-19H,2,11-12H2,1H3. The molecule has 1 unspecified atom stereocenters. The summed E-state index contributed by atoms with van der Waals surface area (Å²) in [6, 6.07) is 18.4. The Labute approximate surface area is 115 Å². The normalized spacial score (nSPS) is 12.3. The van der Waals surface area contributed by atoms with Crippen LogP contribution >= 0.6 is 0 Å². The van der Waals surface area contributed by atoms with E-state index in [1.807, 2.05) is 18.2 Å². The molecule has 2 rings (SSSR count). The fourth-order valence-corrected chi connectivity index (χ4v) is 2.37. The van der Waals surface area contributed by atoms with Gasteiger partial charge in [0.1, 0.15) is 5.75 Å². The molecule has 2 aromatic rings. The Morgan fingerprint density at radius 1 is 0.947 bits per heavy atom. The Morgan fingerprint density at radius 3 is 2.32 bits per heavy atom. The monoisotopic (exact) mass is 255 g/mol. The lowest BCUT2D eigenvalue weighted by Gasteiger charge is -2.18. The van der Waals surface area contributed by atoms with Crippen molar-refractivity contribution in [2.24, 2.45) is 0 Å². The van der Waals surface area contributed by atoms with Gasteiger partial charge in [0.2, 0.25) is 0 Å². The molecule has 0 amide bonds. The van der Waals surface area contributed by atoms with E-state index in [-0.39, 0.29) is 0 Å². The smallest absolute Gasteiger partial charge is 0.115 e. The molecule has 0 bridgehead atoms. The fourth-order valence-electron chi connectivity index (χ4n) is 2.37. The molecule has 19 heavy (non-hydrogen) atoms. The molecule has 0 saturated heterocycles. The molecule has 0 fully saturated rings. The lowest BCUT2D eigenvalue weighted by Crippen LogP contribution is -2.33. The summed E-state index contributed by atoms with van der Waals surface area (Å²) in [6.45, 7) is 3.08. The third kappa shape index (κ3) is 4.42. The van der Waals surface area contributed by atoms with Crippen LogP contribution in [0.2, 0.25) is 0 Å². The highest BCUT2D eigenvalue weighted by molar-refractivity contribution is 5.28. The number of phenolic OH excluding ortho intramolecular Hbond substituents is 1. The Morgan fingerprint density at radius 2 is 1.63 bits per heavy atom. The zero-order valence-electron chi connectivity index (χ0n) is 11.3. The van der Waals surface area contributed by atoms with Crippen LogP contribution < -0.4 is 5.32 Å². The van der Waals surface area contributed by atoms with Crippen LogP contribution in [0.3, 0.4) is 0 Å². The SMILES string of the molecule is CCNC(Cc1ccccc1)Cc1cccc(O)c1. The van der Waals surface area contributed by atoms with Crippen LogP contribution in [0.15, 0.2) is 54.6 Å². The van der Waals surface area contributed by atoms with Gasteiger partial charge in [-0.15, -0.1) is 0 Å². The summed E-state index contributed by atoms with van der Waals surface area (Å²) < 4.78 is 0. The second-order valence-electron chi connectivity index (χ2n) is 4.82. The quantitative estimate of drug-likeness (QED) is 0.831. The van der Waals surface area contributed by atoms with E-state index >= 15 is 0 Å². The number of benzene rings is 2. The molecule has 0 aromatic heterocycles. The van der Waals surface area contributed by atoms with Crippen LogP contribution in [0.1, 0.15) is 18.1 Å². The van der Waals surface area contributed by atoms with Crippen LogP contribution in [-0.2, 0) is 12.8 Å². The third-order valence-electron chi connectivity index (χ3n) is 3.21. The lowest BCUT2D eigenvalue weighted by molar-refractivity contribution is 0.472. The maximum atomic E-state index is 9.53. The van der Waals surface area contributed by atoms with Crippen LogP contribution in [0.5, 0.6) is 5.75 Å². The molecule has 1 atom stereocenters. The van der Waals surface area contributed by atoms with Crippen LogP contribution in [-0.4, -0.2) is 17.7 Å². The molecule has 2 aromatic carbocycles. The number of hydrogen-bond donors (Lipinski definition) is 2. The summed E-state index contributed by atoms with van der Waals surface area (Å²) in [6.07, 6.45) is 1.93. The molecule has 2 N–H and O–H groups in total. The Balaban J connectivity index is 2.04. The van der Waals surface area contributed by atoms with Crippen LogP contribution in [0.4, 0.5) is 0 Å².